The number of Topliss-reactive ketones (excluding diaryl/α,β-unsaturated/α-hetero) is 1. The summed E-state index contributed by atoms with van der Waals surface area (Å²) in [5.74, 6) is -2.35. The zero-order valence-electron chi connectivity index (χ0n) is 18.8. The van der Waals surface area contributed by atoms with Crippen molar-refractivity contribution >= 4 is 39.6 Å². The van der Waals surface area contributed by atoms with E-state index in [1.54, 1.807) is 38.1 Å². The minimum absolute atomic E-state index is 0.337. The molecule has 1 unspecified atom stereocenters. The van der Waals surface area contributed by atoms with Gasteiger partial charge in [-0.25, -0.2) is 4.79 Å². The van der Waals surface area contributed by atoms with Gasteiger partial charge < -0.3 is 20.3 Å². The van der Waals surface area contributed by atoms with Crippen molar-refractivity contribution in [2.75, 3.05) is 33.4 Å². The van der Waals surface area contributed by atoms with Crippen LogP contribution in [0.3, 0.4) is 0 Å². The number of alkyl carbamates (subject to hydrolysis) is 1. The predicted molar refractivity (Wildman–Crippen MR) is 119 cm³/mol. The van der Waals surface area contributed by atoms with E-state index >= 15 is 0 Å². The van der Waals surface area contributed by atoms with Gasteiger partial charge in [-0.3, -0.25) is 19.3 Å². The summed E-state index contributed by atoms with van der Waals surface area (Å²) in [7, 11) is 1.11. The molecular weight excluding hydrogens is 525 g/mol. The third-order valence-corrected chi connectivity index (χ3v) is 5.66. The first-order chi connectivity index (χ1) is 15.8. The summed E-state index contributed by atoms with van der Waals surface area (Å²) >= 11 is 3.25. The van der Waals surface area contributed by atoms with Crippen molar-refractivity contribution in [3.63, 3.8) is 0 Å². The van der Waals surface area contributed by atoms with Crippen LogP contribution in [0.2, 0.25) is 0 Å². The second-order valence-corrected chi connectivity index (χ2v) is 9.01. The molecule has 0 saturated carbocycles. The molecule has 0 aromatic heterocycles. The van der Waals surface area contributed by atoms with E-state index in [0.29, 0.717) is 5.56 Å². The molecule has 1 aromatic rings. The monoisotopic (exact) mass is 550 g/mol. The molecular formula is C21H26BrF3N4O5. The van der Waals surface area contributed by atoms with E-state index in [4.69, 9.17) is 0 Å². The van der Waals surface area contributed by atoms with Crippen LogP contribution in [0.4, 0.5) is 18.0 Å². The Balaban J connectivity index is 2.17. The van der Waals surface area contributed by atoms with Crippen LogP contribution < -0.4 is 10.6 Å². The maximum atomic E-state index is 13.2. The second kappa shape index (κ2) is 11.6. The van der Waals surface area contributed by atoms with Gasteiger partial charge in [0.25, 0.3) is 0 Å². The quantitative estimate of drug-likeness (QED) is 0.480. The lowest BCUT2D eigenvalue weighted by Crippen LogP contribution is -2.56. The molecule has 1 aromatic carbocycles. The molecule has 3 amide bonds. The highest BCUT2D eigenvalue weighted by Crippen LogP contribution is 2.23. The predicted octanol–water partition coefficient (Wildman–Crippen LogP) is 2.16. The van der Waals surface area contributed by atoms with Crippen LogP contribution in [0, 0.1) is 5.92 Å². The molecule has 0 bridgehead atoms. The van der Waals surface area contributed by atoms with E-state index in [9.17, 15) is 32.3 Å². The summed E-state index contributed by atoms with van der Waals surface area (Å²) < 4.78 is 44.2. The molecule has 2 N–H and O–H groups in total. The summed E-state index contributed by atoms with van der Waals surface area (Å²) in [4.78, 5) is 51.9. The summed E-state index contributed by atoms with van der Waals surface area (Å²) in [5.41, 5.74) is 0.337. The van der Waals surface area contributed by atoms with Gasteiger partial charge in [-0.1, -0.05) is 41.9 Å². The zero-order chi connectivity index (χ0) is 25.6. The summed E-state index contributed by atoms with van der Waals surface area (Å²) in [5, 5.41) is 4.77. The van der Waals surface area contributed by atoms with Crippen LogP contribution in [0.15, 0.2) is 28.7 Å². The fourth-order valence-electron chi connectivity index (χ4n) is 3.43. The maximum absolute atomic E-state index is 13.2. The maximum Gasteiger partial charge on any atom is 0.407 e. The van der Waals surface area contributed by atoms with Gasteiger partial charge >= 0.3 is 12.3 Å². The minimum Gasteiger partial charge on any atom is -0.453 e. The first kappa shape index (κ1) is 27.6. The fourth-order valence-corrected chi connectivity index (χ4v) is 3.70. The smallest absolute Gasteiger partial charge is 0.407 e. The van der Waals surface area contributed by atoms with Gasteiger partial charge in [0.1, 0.15) is 12.1 Å². The fraction of sp³-hybridized carbons (Fsp3) is 0.524. The van der Waals surface area contributed by atoms with Crippen LogP contribution in [-0.2, 0) is 14.3 Å². The van der Waals surface area contributed by atoms with E-state index in [1.807, 2.05) is 0 Å². The number of halogens is 4. The van der Waals surface area contributed by atoms with Crippen LogP contribution in [0.25, 0.3) is 0 Å². The number of rotatable bonds is 8. The average molecular weight is 551 g/mol. The molecule has 1 aliphatic rings. The molecule has 1 heterocycles. The van der Waals surface area contributed by atoms with E-state index in [-0.39, 0.29) is 6.54 Å². The number of methoxy groups -OCH3 is 1. The number of benzene rings is 1. The Morgan fingerprint density at radius 2 is 1.79 bits per heavy atom. The first-order valence-corrected chi connectivity index (χ1v) is 11.1. The topological polar surface area (TPSA) is 108 Å². The number of ketones is 1. The van der Waals surface area contributed by atoms with Gasteiger partial charge in [-0.15, -0.1) is 0 Å². The Labute approximate surface area is 203 Å². The Kier molecular flexibility index (Phi) is 9.45. The van der Waals surface area contributed by atoms with Crippen molar-refractivity contribution in [1.82, 2.24) is 20.4 Å². The average Bonchev–Trinajstić information content (AvgIpc) is 3.17. The van der Waals surface area contributed by atoms with Crippen molar-refractivity contribution in [1.29, 1.82) is 0 Å². The summed E-state index contributed by atoms with van der Waals surface area (Å²) in [6, 6.07) is 4.01. The van der Waals surface area contributed by atoms with Crippen LogP contribution >= 0.6 is 15.9 Å². The molecule has 0 spiro atoms. The van der Waals surface area contributed by atoms with Crippen molar-refractivity contribution in [2.45, 2.75) is 32.1 Å². The molecule has 1 saturated heterocycles. The highest BCUT2D eigenvalue weighted by Gasteiger charge is 2.44. The van der Waals surface area contributed by atoms with Crippen LogP contribution in [0.5, 0.6) is 0 Å². The lowest BCUT2D eigenvalue weighted by molar-refractivity contribution is -0.148. The van der Waals surface area contributed by atoms with Gasteiger partial charge in [-0.2, -0.15) is 13.2 Å². The Morgan fingerprint density at radius 3 is 2.32 bits per heavy atom. The zero-order valence-corrected chi connectivity index (χ0v) is 20.4. The molecule has 0 radical (unpaired) electrons. The highest BCUT2D eigenvalue weighted by atomic mass is 79.9. The van der Waals surface area contributed by atoms with Crippen molar-refractivity contribution < 1.29 is 37.1 Å². The van der Waals surface area contributed by atoms with Gasteiger partial charge in [0.05, 0.1) is 26.9 Å². The number of alkyl halides is 3. The molecule has 1 fully saturated rings. The molecule has 188 valence electrons. The van der Waals surface area contributed by atoms with Gasteiger partial charge in [0.2, 0.25) is 11.8 Å². The lowest BCUT2D eigenvalue weighted by atomic mass is 10.0. The molecule has 0 aliphatic carbocycles. The van der Waals surface area contributed by atoms with E-state index in [0.717, 1.165) is 21.4 Å². The summed E-state index contributed by atoms with van der Waals surface area (Å²) in [6.45, 7) is 0.694. The van der Waals surface area contributed by atoms with Crippen LogP contribution in [0.1, 0.15) is 24.2 Å². The highest BCUT2D eigenvalue weighted by molar-refractivity contribution is 9.10. The van der Waals surface area contributed by atoms with Crippen molar-refractivity contribution in [2.24, 2.45) is 5.92 Å². The first-order valence-electron chi connectivity index (χ1n) is 10.3. The number of carbonyl (C=O) groups is 4. The number of nitrogens with zero attached hydrogens (tertiary/aromatic N) is 2. The number of carbonyl (C=O) groups excluding carboxylic acids is 4. The van der Waals surface area contributed by atoms with Gasteiger partial charge in [0, 0.05) is 16.6 Å². The van der Waals surface area contributed by atoms with E-state index < -0.39 is 67.6 Å². The molecule has 2 rings (SSSR count). The third kappa shape index (κ3) is 7.69. The summed E-state index contributed by atoms with van der Waals surface area (Å²) in [6.07, 6.45) is -5.43. The number of nitrogens with one attached hydrogen (secondary N) is 2. The minimum atomic E-state index is -4.54. The third-order valence-electron chi connectivity index (χ3n) is 5.13. The molecule has 2 atom stereocenters. The molecule has 13 heteroatoms. The standard InChI is InChI=1S/C21H26BrF3N4O5/c1-12(2)17(27-20(33)34-3)19(32)29-11-28(10-21(23,24)25)9-15(29)18(31)26-8-16(30)13-4-6-14(22)7-5-13/h4-7,12,15,17H,8-11H2,1-3H3,(H,26,31)(H,27,33)/t15?,17-/m0/s1. The second-order valence-electron chi connectivity index (χ2n) is 8.10. The van der Waals surface area contributed by atoms with Crippen LogP contribution in [-0.4, -0.2) is 85.2 Å². The number of amides is 3. The van der Waals surface area contributed by atoms with Gasteiger partial charge in [-0.05, 0) is 18.1 Å². The Bertz CT molecular complexity index is 911. The lowest BCUT2D eigenvalue weighted by Gasteiger charge is -2.29. The molecule has 9 nitrogen and oxygen atoms in total. The largest absolute Gasteiger partial charge is 0.453 e. The molecule has 34 heavy (non-hydrogen) atoms. The Morgan fingerprint density at radius 1 is 1.18 bits per heavy atom. The normalized spacial score (nSPS) is 17.4. The number of hydrogen-bond donors (Lipinski definition) is 2. The van der Waals surface area contributed by atoms with E-state index in [1.165, 1.54) is 0 Å². The number of ether oxygens (including phenoxy) is 1. The van der Waals surface area contributed by atoms with Crippen molar-refractivity contribution in [3.05, 3.63) is 34.3 Å². The van der Waals surface area contributed by atoms with Gasteiger partial charge in [0.15, 0.2) is 5.78 Å². The van der Waals surface area contributed by atoms with Crippen molar-refractivity contribution in [3.8, 4) is 0 Å². The SMILES string of the molecule is COC(=O)N[C@H](C(=O)N1CN(CC(F)(F)F)CC1C(=O)NCC(=O)c1ccc(Br)cc1)C(C)C. The Hall–Kier alpha value is -2.67. The number of hydrogen-bond acceptors (Lipinski definition) is 6. The molecule has 1 aliphatic heterocycles. The van der Waals surface area contributed by atoms with E-state index in [2.05, 4.69) is 31.3 Å².